The monoisotopic (exact) mass is 313 g/mol. The zero-order valence-electron chi connectivity index (χ0n) is 13.5. The van der Waals surface area contributed by atoms with Crippen LogP contribution in [0.15, 0.2) is 29.3 Å². The Morgan fingerprint density at radius 1 is 1.22 bits per heavy atom. The van der Waals surface area contributed by atoms with Gasteiger partial charge in [-0.05, 0) is 37.1 Å². The van der Waals surface area contributed by atoms with Crippen molar-refractivity contribution in [3.05, 3.63) is 29.8 Å². The summed E-state index contributed by atoms with van der Waals surface area (Å²) in [5.41, 5.74) is 8.25. The molecule has 23 heavy (non-hydrogen) atoms. The van der Waals surface area contributed by atoms with Crippen molar-refractivity contribution in [3.63, 3.8) is 0 Å². The molecule has 2 atom stereocenters. The highest BCUT2D eigenvalue weighted by atomic mass is 16.2. The second-order valence-corrected chi connectivity index (χ2v) is 6.63. The summed E-state index contributed by atoms with van der Waals surface area (Å²) in [7, 11) is 2.06. The summed E-state index contributed by atoms with van der Waals surface area (Å²) in [6.07, 6.45) is 2.01. The van der Waals surface area contributed by atoms with Crippen molar-refractivity contribution in [3.8, 4) is 0 Å². The van der Waals surface area contributed by atoms with Crippen LogP contribution in [0.5, 0.6) is 0 Å². The molecule has 0 saturated carbocycles. The Kier molecular flexibility index (Phi) is 3.49. The molecule has 2 amide bonds. The Labute approximate surface area is 136 Å². The number of likely N-dealkylation sites (N-methyl/N-ethyl adjacent to an activating group) is 1. The van der Waals surface area contributed by atoms with E-state index in [1.807, 2.05) is 21.9 Å². The summed E-state index contributed by atoms with van der Waals surface area (Å²) in [4.78, 5) is 23.1. The summed E-state index contributed by atoms with van der Waals surface area (Å²) in [5, 5.41) is 0. The molecule has 2 N–H and O–H groups in total. The topological polar surface area (TPSA) is 65.2 Å². The van der Waals surface area contributed by atoms with Gasteiger partial charge in [0.2, 0.25) is 0 Å². The first-order valence-electron chi connectivity index (χ1n) is 8.35. The van der Waals surface area contributed by atoms with Crippen molar-refractivity contribution in [2.24, 2.45) is 10.7 Å². The fourth-order valence-corrected chi connectivity index (χ4v) is 3.83. The van der Waals surface area contributed by atoms with Gasteiger partial charge >= 0.3 is 6.03 Å². The van der Waals surface area contributed by atoms with Crippen LogP contribution in [0.2, 0.25) is 0 Å². The molecular formula is C17H23N5O. The van der Waals surface area contributed by atoms with E-state index in [0.717, 1.165) is 49.6 Å². The Morgan fingerprint density at radius 3 is 2.65 bits per heavy atom. The van der Waals surface area contributed by atoms with Crippen LogP contribution >= 0.6 is 0 Å². The van der Waals surface area contributed by atoms with E-state index in [4.69, 9.17) is 5.73 Å². The van der Waals surface area contributed by atoms with Crippen LogP contribution in [0, 0.1) is 0 Å². The maximum absolute atomic E-state index is 12.6. The average molecular weight is 313 g/mol. The van der Waals surface area contributed by atoms with Crippen molar-refractivity contribution < 1.29 is 4.79 Å². The van der Waals surface area contributed by atoms with Crippen LogP contribution in [-0.2, 0) is 0 Å². The summed E-state index contributed by atoms with van der Waals surface area (Å²) >= 11 is 0. The van der Waals surface area contributed by atoms with Gasteiger partial charge in [0.05, 0.1) is 12.6 Å². The number of urea groups is 1. The number of rotatable bonds is 2. The number of hydrogen-bond acceptors (Lipinski definition) is 4. The summed E-state index contributed by atoms with van der Waals surface area (Å²) in [6.45, 7) is 3.34. The van der Waals surface area contributed by atoms with E-state index in [0.29, 0.717) is 6.54 Å². The molecule has 6 heteroatoms. The number of amidine groups is 1. The maximum atomic E-state index is 12.6. The SMILES string of the molecule is CN1CCN=C1c1ccc(N2C[C@@H]3[C@H](N)CCCN3C2=O)cc1. The lowest BCUT2D eigenvalue weighted by molar-refractivity contribution is 0.175. The second kappa shape index (κ2) is 5.53. The number of nitrogens with zero attached hydrogens (tertiary/aromatic N) is 4. The molecule has 0 radical (unpaired) electrons. The molecule has 1 aromatic carbocycles. The Balaban J connectivity index is 1.56. The van der Waals surface area contributed by atoms with Crippen molar-refractivity contribution in [1.82, 2.24) is 9.80 Å². The molecule has 2 fully saturated rings. The van der Waals surface area contributed by atoms with Crippen LogP contribution in [0.4, 0.5) is 10.5 Å². The Morgan fingerprint density at radius 2 is 2.00 bits per heavy atom. The van der Waals surface area contributed by atoms with Crippen molar-refractivity contribution in [1.29, 1.82) is 0 Å². The summed E-state index contributed by atoms with van der Waals surface area (Å²) < 4.78 is 0. The zero-order valence-corrected chi connectivity index (χ0v) is 13.5. The third kappa shape index (κ3) is 2.37. The molecule has 0 bridgehead atoms. The number of piperidine rings is 1. The molecule has 0 aromatic heterocycles. The fourth-order valence-electron chi connectivity index (χ4n) is 3.83. The third-order valence-electron chi connectivity index (χ3n) is 5.17. The van der Waals surface area contributed by atoms with E-state index in [2.05, 4.69) is 29.1 Å². The Bertz CT molecular complexity index is 641. The van der Waals surface area contributed by atoms with Crippen LogP contribution < -0.4 is 10.6 Å². The van der Waals surface area contributed by atoms with Gasteiger partial charge in [0.25, 0.3) is 0 Å². The van der Waals surface area contributed by atoms with Gasteiger partial charge in [-0.3, -0.25) is 9.89 Å². The highest BCUT2D eigenvalue weighted by molar-refractivity contribution is 6.00. The fraction of sp³-hybridized carbons (Fsp3) is 0.529. The van der Waals surface area contributed by atoms with Crippen molar-refractivity contribution >= 4 is 17.6 Å². The third-order valence-corrected chi connectivity index (χ3v) is 5.17. The number of anilines is 1. The molecular weight excluding hydrogens is 290 g/mol. The molecule has 3 aliphatic heterocycles. The molecule has 2 saturated heterocycles. The van der Waals surface area contributed by atoms with E-state index in [-0.39, 0.29) is 18.1 Å². The quantitative estimate of drug-likeness (QED) is 0.889. The minimum atomic E-state index is 0.0909. The molecule has 0 spiro atoms. The van der Waals surface area contributed by atoms with Gasteiger partial charge in [-0.2, -0.15) is 0 Å². The maximum Gasteiger partial charge on any atom is 0.324 e. The average Bonchev–Trinajstić information content (AvgIpc) is 3.13. The van der Waals surface area contributed by atoms with Crippen molar-refractivity contribution in [2.45, 2.75) is 24.9 Å². The first kappa shape index (κ1) is 14.5. The lowest BCUT2D eigenvalue weighted by Crippen LogP contribution is -2.50. The first-order chi connectivity index (χ1) is 11.1. The standard InChI is InChI=1S/C17H23N5O/c1-20-10-8-19-16(20)12-4-6-13(7-5-12)22-11-15-14(18)3-2-9-21(15)17(22)23/h4-7,14-15H,2-3,8-11,18H2,1H3/t14-,15-/m1/s1. The molecule has 3 heterocycles. The number of carbonyl (C=O) groups is 1. The van der Waals surface area contributed by atoms with E-state index in [9.17, 15) is 4.79 Å². The second-order valence-electron chi connectivity index (χ2n) is 6.63. The Hall–Kier alpha value is -2.08. The van der Waals surface area contributed by atoms with E-state index in [1.165, 1.54) is 0 Å². The molecule has 4 rings (SSSR count). The van der Waals surface area contributed by atoms with E-state index < -0.39 is 0 Å². The van der Waals surface area contributed by atoms with Gasteiger partial charge in [-0.25, -0.2) is 4.79 Å². The molecule has 0 unspecified atom stereocenters. The molecule has 6 nitrogen and oxygen atoms in total. The first-order valence-corrected chi connectivity index (χ1v) is 8.35. The minimum Gasteiger partial charge on any atom is -0.358 e. The normalized spacial score (nSPS) is 27.5. The highest BCUT2D eigenvalue weighted by Gasteiger charge is 2.42. The largest absolute Gasteiger partial charge is 0.358 e. The molecule has 0 aliphatic carbocycles. The predicted molar refractivity (Wildman–Crippen MR) is 90.9 cm³/mol. The summed E-state index contributed by atoms with van der Waals surface area (Å²) in [6, 6.07) is 8.49. The van der Waals surface area contributed by atoms with Gasteiger partial charge in [-0.15, -0.1) is 0 Å². The van der Waals surface area contributed by atoms with Gasteiger partial charge in [-0.1, -0.05) is 0 Å². The van der Waals surface area contributed by atoms with Crippen molar-refractivity contribution in [2.75, 3.05) is 38.1 Å². The van der Waals surface area contributed by atoms with Gasteiger partial charge in [0.1, 0.15) is 5.84 Å². The number of aliphatic imine (C=N–C) groups is 1. The van der Waals surface area contributed by atoms with E-state index >= 15 is 0 Å². The smallest absolute Gasteiger partial charge is 0.324 e. The van der Waals surface area contributed by atoms with Crippen LogP contribution in [0.25, 0.3) is 0 Å². The van der Waals surface area contributed by atoms with Crippen LogP contribution in [0.3, 0.4) is 0 Å². The molecule has 3 aliphatic rings. The van der Waals surface area contributed by atoms with Gasteiger partial charge in [0, 0.05) is 44.0 Å². The number of benzene rings is 1. The van der Waals surface area contributed by atoms with Gasteiger partial charge in [0.15, 0.2) is 0 Å². The van der Waals surface area contributed by atoms with Crippen LogP contribution in [0.1, 0.15) is 18.4 Å². The van der Waals surface area contributed by atoms with E-state index in [1.54, 1.807) is 0 Å². The van der Waals surface area contributed by atoms with Crippen LogP contribution in [-0.4, -0.2) is 67.0 Å². The lowest BCUT2D eigenvalue weighted by atomic mass is 9.99. The lowest BCUT2D eigenvalue weighted by Gasteiger charge is -2.32. The number of hydrogen-bond donors (Lipinski definition) is 1. The molecule has 1 aromatic rings. The highest BCUT2D eigenvalue weighted by Crippen LogP contribution is 2.29. The predicted octanol–water partition coefficient (Wildman–Crippen LogP) is 1.11. The molecule has 122 valence electrons. The number of amides is 2. The zero-order chi connectivity index (χ0) is 16.0. The summed E-state index contributed by atoms with van der Waals surface area (Å²) in [5.74, 6) is 1.03. The minimum absolute atomic E-state index is 0.0909. The number of nitrogens with two attached hydrogens (primary N) is 1. The van der Waals surface area contributed by atoms with Gasteiger partial charge < -0.3 is 15.5 Å². The number of fused-ring (bicyclic) bond motifs is 1. The number of carbonyl (C=O) groups excluding carboxylic acids is 1.